The number of nitrogens with one attached hydrogen (secondary N) is 1. The Morgan fingerprint density at radius 1 is 0.971 bits per heavy atom. The van der Waals surface area contributed by atoms with Crippen LogP contribution in [0.1, 0.15) is 23.3 Å². The summed E-state index contributed by atoms with van der Waals surface area (Å²) in [5.74, 6) is -1.61. The van der Waals surface area contributed by atoms with Crippen LogP contribution in [-0.4, -0.2) is 29.4 Å². The molecule has 1 aliphatic heterocycles. The Balaban J connectivity index is 1.53. The Bertz CT molecular complexity index is 1240. The number of amides is 2. The van der Waals surface area contributed by atoms with Gasteiger partial charge in [0.05, 0.1) is 0 Å². The normalized spacial score (nSPS) is 13.8. The van der Waals surface area contributed by atoms with Crippen LogP contribution >= 0.6 is 11.8 Å². The zero-order valence-electron chi connectivity index (χ0n) is 18.6. The minimum Gasteiger partial charge on any atom is -0.478 e. The number of carboxylic acids is 1. The average Bonchev–Trinajstić information content (AvgIpc) is 3.28. The van der Waals surface area contributed by atoms with Gasteiger partial charge in [-0.3, -0.25) is 9.59 Å². The van der Waals surface area contributed by atoms with E-state index in [1.54, 1.807) is 12.1 Å². The molecule has 3 aromatic rings. The summed E-state index contributed by atoms with van der Waals surface area (Å²) < 4.78 is 0. The van der Waals surface area contributed by atoms with E-state index >= 15 is 0 Å². The number of hydrogen-bond acceptors (Lipinski definition) is 4. The first-order valence-electron chi connectivity index (χ1n) is 10.9. The third kappa shape index (κ3) is 5.38. The van der Waals surface area contributed by atoms with Crippen molar-refractivity contribution in [2.45, 2.75) is 23.5 Å². The van der Waals surface area contributed by atoms with Crippen molar-refractivity contribution in [1.82, 2.24) is 0 Å². The number of para-hydroxylation sites is 1. The molecule has 1 atom stereocenters. The quantitative estimate of drug-likeness (QED) is 0.370. The predicted molar refractivity (Wildman–Crippen MR) is 134 cm³/mol. The number of anilines is 2. The van der Waals surface area contributed by atoms with Crippen LogP contribution in [0.15, 0.2) is 95.4 Å². The molecule has 2 N–H and O–H groups in total. The molecule has 34 heavy (non-hydrogen) atoms. The summed E-state index contributed by atoms with van der Waals surface area (Å²) in [6.45, 7) is 2.03. The minimum atomic E-state index is -1.14. The van der Waals surface area contributed by atoms with Gasteiger partial charge in [0, 0.05) is 34.5 Å². The van der Waals surface area contributed by atoms with Gasteiger partial charge in [-0.1, -0.05) is 48.5 Å². The van der Waals surface area contributed by atoms with Crippen molar-refractivity contribution in [1.29, 1.82) is 0 Å². The van der Waals surface area contributed by atoms with Crippen LogP contribution in [0.25, 0.3) is 0 Å². The molecule has 3 aromatic carbocycles. The predicted octanol–water partition coefficient (Wildman–Crippen LogP) is 5.08. The lowest BCUT2D eigenvalue weighted by atomic mass is 10.1. The lowest BCUT2D eigenvalue weighted by molar-refractivity contribution is -0.132. The van der Waals surface area contributed by atoms with Gasteiger partial charge in [0.25, 0.3) is 0 Å². The van der Waals surface area contributed by atoms with Crippen LogP contribution in [-0.2, 0) is 20.8 Å². The summed E-state index contributed by atoms with van der Waals surface area (Å²) in [5, 5.41) is 11.1. The Morgan fingerprint density at radius 3 is 2.35 bits per heavy atom. The van der Waals surface area contributed by atoms with Gasteiger partial charge in [-0.05, 0) is 54.8 Å². The molecule has 1 heterocycles. The van der Waals surface area contributed by atoms with E-state index in [4.69, 9.17) is 5.11 Å². The Kier molecular flexibility index (Phi) is 7.13. The Labute approximate surface area is 202 Å². The van der Waals surface area contributed by atoms with Crippen molar-refractivity contribution in [3.05, 3.63) is 102 Å². The highest BCUT2D eigenvalue weighted by atomic mass is 32.2. The number of benzene rings is 3. The monoisotopic (exact) mass is 472 g/mol. The maximum Gasteiger partial charge on any atom is 0.331 e. The molecule has 1 aliphatic rings. The molecule has 7 heteroatoms. The van der Waals surface area contributed by atoms with Gasteiger partial charge < -0.3 is 15.3 Å². The van der Waals surface area contributed by atoms with E-state index in [1.807, 2.05) is 65.6 Å². The first kappa shape index (κ1) is 23.3. The third-order valence-electron chi connectivity index (χ3n) is 5.54. The van der Waals surface area contributed by atoms with E-state index in [9.17, 15) is 14.4 Å². The van der Waals surface area contributed by atoms with Crippen molar-refractivity contribution < 1.29 is 19.5 Å². The van der Waals surface area contributed by atoms with Gasteiger partial charge in [-0.2, -0.15) is 0 Å². The summed E-state index contributed by atoms with van der Waals surface area (Å²) in [7, 11) is 0. The van der Waals surface area contributed by atoms with E-state index in [0.29, 0.717) is 12.2 Å². The first-order valence-corrected chi connectivity index (χ1v) is 11.7. The second-order valence-corrected chi connectivity index (χ2v) is 9.10. The van der Waals surface area contributed by atoms with Crippen LogP contribution in [0.2, 0.25) is 0 Å². The van der Waals surface area contributed by atoms with E-state index < -0.39 is 17.1 Å². The lowest BCUT2D eigenvalue weighted by Crippen LogP contribution is -2.32. The topological polar surface area (TPSA) is 86.7 Å². The highest BCUT2D eigenvalue weighted by Gasteiger charge is 2.31. The van der Waals surface area contributed by atoms with Crippen LogP contribution in [0.4, 0.5) is 11.4 Å². The number of aliphatic carboxylic acids is 1. The number of carbonyl (C=O) groups excluding carboxylic acids is 2. The van der Waals surface area contributed by atoms with Crippen molar-refractivity contribution in [3.8, 4) is 0 Å². The first-order chi connectivity index (χ1) is 16.4. The van der Waals surface area contributed by atoms with Crippen molar-refractivity contribution >= 4 is 40.9 Å². The smallest absolute Gasteiger partial charge is 0.331 e. The second-order valence-electron chi connectivity index (χ2n) is 7.92. The molecule has 2 amide bonds. The number of fused-ring (bicyclic) bond motifs is 1. The molecule has 0 spiro atoms. The number of rotatable bonds is 7. The fraction of sp³-hybridized carbons (Fsp3) is 0.148. The fourth-order valence-electron chi connectivity index (χ4n) is 3.79. The van der Waals surface area contributed by atoms with Crippen LogP contribution in [0.3, 0.4) is 0 Å². The molecular weight excluding hydrogens is 448 g/mol. The Morgan fingerprint density at radius 2 is 1.65 bits per heavy atom. The van der Waals surface area contributed by atoms with Crippen LogP contribution in [0.5, 0.6) is 0 Å². The summed E-state index contributed by atoms with van der Waals surface area (Å²) in [6.07, 6.45) is 1.89. The zero-order valence-corrected chi connectivity index (χ0v) is 19.4. The maximum absolute atomic E-state index is 13.7. The fourth-order valence-corrected chi connectivity index (χ4v) is 4.87. The number of carbonyl (C=O) groups is 3. The standard InChI is InChI=1S/C27H24N2O4S/c1-18(27(32)33)17-24(30)28-21-11-13-22(14-12-21)34-25(20-8-3-2-4-9-20)26(31)29-16-15-19-7-5-6-10-23(19)29/h2-14,17,25H,15-16H2,1H3,(H,28,30)(H,32,33). The second kappa shape index (κ2) is 10.4. The van der Waals surface area contributed by atoms with E-state index in [0.717, 1.165) is 28.6 Å². The number of thioether (sulfide) groups is 1. The Hall–Kier alpha value is -3.84. The van der Waals surface area contributed by atoms with Gasteiger partial charge in [-0.15, -0.1) is 11.8 Å². The highest BCUT2D eigenvalue weighted by molar-refractivity contribution is 8.00. The van der Waals surface area contributed by atoms with Gasteiger partial charge in [0.2, 0.25) is 11.8 Å². The molecule has 0 bridgehead atoms. The number of carboxylic acid groups (broad SMARTS) is 1. The third-order valence-corrected chi connectivity index (χ3v) is 6.79. The van der Waals surface area contributed by atoms with Gasteiger partial charge >= 0.3 is 5.97 Å². The molecule has 0 fully saturated rings. The maximum atomic E-state index is 13.7. The van der Waals surface area contributed by atoms with Gasteiger partial charge in [-0.25, -0.2) is 4.79 Å². The minimum absolute atomic E-state index is 0.0350. The average molecular weight is 473 g/mol. The lowest BCUT2D eigenvalue weighted by Gasteiger charge is -2.24. The van der Waals surface area contributed by atoms with E-state index in [2.05, 4.69) is 11.4 Å². The molecule has 0 aliphatic carbocycles. The number of hydrogen-bond donors (Lipinski definition) is 2. The van der Waals surface area contributed by atoms with Gasteiger partial charge in [0.1, 0.15) is 5.25 Å². The van der Waals surface area contributed by atoms with Crippen LogP contribution < -0.4 is 10.2 Å². The zero-order chi connectivity index (χ0) is 24.1. The SMILES string of the molecule is CC(=CC(=O)Nc1ccc(SC(C(=O)N2CCc3ccccc32)c2ccccc2)cc1)C(=O)O. The van der Waals surface area contributed by atoms with Gasteiger partial charge in [0.15, 0.2) is 0 Å². The molecule has 0 saturated carbocycles. The van der Waals surface area contributed by atoms with E-state index in [1.165, 1.54) is 24.2 Å². The summed E-state index contributed by atoms with van der Waals surface area (Å²) >= 11 is 1.46. The molecule has 4 rings (SSSR count). The molecule has 0 saturated heterocycles. The van der Waals surface area contributed by atoms with Crippen molar-refractivity contribution in [2.75, 3.05) is 16.8 Å². The molecule has 1 unspecified atom stereocenters. The highest BCUT2D eigenvalue weighted by Crippen LogP contribution is 2.40. The number of nitrogens with zero attached hydrogens (tertiary/aromatic N) is 1. The molecular formula is C27H24N2O4S. The van der Waals surface area contributed by atoms with Crippen molar-refractivity contribution in [2.24, 2.45) is 0 Å². The van der Waals surface area contributed by atoms with Crippen LogP contribution in [0, 0.1) is 0 Å². The van der Waals surface area contributed by atoms with Crippen molar-refractivity contribution in [3.63, 3.8) is 0 Å². The molecule has 6 nitrogen and oxygen atoms in total. The molecule has 172 valence electrons. The summed E-state index contributed by atoms with van der Waals surface area (Å²) in [4.78, 5) is 39.3. The molecule has 0 radical (unpaired) electrons. The van der Waals surface area contributed by atoms with E-state index in [-0.39, 0.29) is 11.5 Å². The summed E-state index contributed by atoms with van der Waals surface area (Å²) in [5.41, 5.74) is 3.57. The summed E-state index contributed by atoms with van der Waals surface area (Å²) in [6, 6.07) is 24.9. The largest absolute Gasteiger partial charge is 0.478 e. The molecule has 0 aromatic heterocycles.